The number of carbonyl (C=O) groups is 1. The summed E-state index contributed by atoms with van der Waals surface area (Å²) in [6, 6.07) is 4.90. The first kappa shape index (κ1) is 11.7. The first-order valence-electron chi connectivity index (χ1n) is 4.07. The van der Waals surface area contributed by atoms with Crippen LogP contribution in [0.4, 0.5) is 4.39 Å². The molecule has 0 radical (unpaired) electrons. The molecule has 0 aliphatic rings. The van der Waals surface area contributed by atoms with E-state index in [9.17, 15) is 9.18 Å². The van der Waals surface area contributed by atoms with Crippen molar-refractivity contribution in [2.24, 2.45) is 0 Å². The molecule has 1 nitrogen and oxygen atoms in total. The zero-order valence-electron chi connectivity index (χ0n) is 7.40. The number of alkyl halides is 2. The normalized spacial score (nSPS) is 10.2. The van der Waals surface area contributed by atoms with Crippen molar-refractivity contribution in [2.75, 3.05) is 5.33 Å². The van der Waals surface area contributed by atoms with Crippen LogP contribution >= 0.6 is 27.5 Å². The minimum absolute atomic E-state index is 0.0528. The zero-order chi connectivity index (χ0) is 10.6. The first-order chi connectivity index (χ1) is 6.65. The SMILES string of the molecule is O=C(CBr)Cc1cc(Cl)cc(CF)c1. The standard InChI is InChI=1S/C10H9BrClFO/c11-5-10(14)4-7-1-8(6-13)3-9(12)2-7/h1-3H,4-6H2. The number of carbonyl (C=O) groups excluding carboxylic acids is 1. The van der Waals surface area contributed by atoms with E-state index in [0.717, 1.165) is 5.56 Å². The van der Waals surface area contributed by atoms with Crippen LogP contribution in [0.3, 0.4) is 0 Å². The van der Waals surface area contributed by atoms with Gasteiger partial charge in [-0.3, -0.25) is 4.79 Å². The highest BCUT2D eigenvalue weighted by Crippen LogP contribution is 2.16. The van der Waals surface area contributed by atoms with E-state index in [0.29, 0.717) is 22.3 Å². The summed E-state index contributed by atoms with van der Waals surface area (Å²) < 4.78 is 12.4. The molecule has 0 unspecified atom stereocenters. The molecule has 0 atom stereocenters. The Kier molecular flexibility index (Phi) is 4.55. The van der Waals surface area contributed by atoms with Gasteiger partial charge in [0.15, 0.2) is 0 Å². The molecular weight excluding hydrogens is 270 g/mol. The van der Waals surface area contributed by atoms with E-state index in [1.165, 1.54) is 0 Å². The minimum Gasteiger partial charge on any atom is -0.298 e. The number of hydrogen-bond acceptors (Lipinski definition) is 1. The Morgan fingerprint density at radius 2 is 2.00 bits per heavy atom. The lowest BCUT2D eigenvalue weighted by Crippen LogP contribution is -2.03. The quantitative estimate of drug-likeness (QED) is 0.773. The highest BCUT2D eigenvalue weighted by Gasteiger charge is 2.04. The fraction of sp³-hybridized carbons (Fsp3) is 0.300. The molecule has 14 heavy (non-hydrogen) atoms. The minimum atomic E-state index is -0.559. The number of hydrogen-bond donors (Lipinski definition) is 0. The molecule has 0 aliphatic carbocycles. The van der Waals surface area contributed by atoms with Crippen molar-refractivity contribution in [1.82, 2.24) is 0 Å². The van der Waals surface area contributed by atoms with Gasteiger partial charge in [-0.25, -0.2) is 4.39 Å². The fourth-order valence-corrected chi connectivity index (χ4v) is 1.65. The Labute approximate surface area is 95.4 Å². The average molecular weight is 280 g/mol. The highest BCUT2D eigenvalue weighted by molar-refractivity contribution is 9.09. The smallest absolute Gasteiger partial charge is 0.147 e. The predicted molar refractivity (Wildman–Crippen MR) is 58.8 cm³/mol. The number of benzene rings is 1. The Bertz CT molecular complexity index is 341. The Balaban J connectivity index is 2.86. The van der Waals surface area contributed by atoms with E-state index < -0.39 is 6.67 Å². The van der Waals surface area contributed by atoms with Crippen molar-refractivity contribution < 1.29 is 9.18 Å². The average Bonchev–Trinajstić information content (AvgIpc) is 2.16. The summed E-state index contributed by atoms with van der Waals surface area (Å²) in [6.07, 6.45) is 0.290. The van der Waals surface area contributed by atoms with Crippen molar-refractivity contribution in [1.29, 1.82) is 0 Å². The van der Waals surface area contributed by atoms with Gasteiger partial charge in [0.05, 0.1) is 5.33 Å². The lowest BCUT2D eigenvalue weighted by atomic mass is 10.1. The van der Waals surface area contributed by atoms with Gasteiger partial charge in [-0.15, -0.1) is 0 Å². The molecule has 1 aromatic rings. The molecule has 0 saturated heterocycles. The topological polar surface area (TPSA) is 17.1 Å². The van der Waals surface area contributed by atoms with Crippen molar-refractivity contribution >= 4 is 33.3 Å². The van der Waals surface area contributed by atoms with E-state index in [4.69, 9.17) is 11.6 Å². The summed E-state index contributed by atoms with van der Waals surface area (Å²) in [7, 11) is 0. The molecule has 0 bridgehead atoms. The van der Waals surface area contributed by atoms with Crippen LogP contribution < -0.4 is 0 Å². The van der Waals surface area contributed by atoms with Gasteiger partial charge in [0, 0.05) is 11.4 Å². The fourth-order valence-electron chi connectivity index (χ4n) is 1.17. The summed E-state index contributed by atoms with van der Waals surface area (Å²) in [5, 5.41) is 0.780. The lowest BCUT2D eigenvalue weighted by molar-refractivity contribution is -0.115. The number of halogens is 3. The van der Waals surface area contributed by atoms with Crippen LogP contribution in [-0.2, 0) is 17.9 Å². The molecule has 76 valence electrons. The van der Waals surface area contributed by atoms with Gasteiger partial charge in [0.25, 0.3) is 0 Å². The summed E-state index contributed by atoms with van der Waals surface area (Å²) in [5.41, 5.74) is 1.27. The van der Waals surface area contributed by atoms with Crippen molar-refractivity contribution in [2.45, 2.75) is 13.1 Å². The van der Waals surface area contributed by atoms with Gasteiger partial charge in [0.1, 0.15) is 12.5 Å². The summed E-state index contributed by atoms with van der Waals surface area (Å²) in [5.74, 6) is 0.0528. The van der Waals surface area contributed by atoms with Gasteiger partial charge >= 0.3 is 0 Å². The molecule has 0 N–H and O–H groups in total. The van der Waals surface area contributed by atoms with Crippen LogP contribution in [0.1, 0.15) is 11.1 Å². The number of rotatable bonds is 4. The Hall–Kier alpha value is -0.410. The molecule has 1 rings (SSSR count). The third-order valence-corrected chi connectivity index (χ3v) is 2.57. The van der Waals surface area contributed by atoms with E-state index in [2.05, 4.69) is 15.9 Å². The van der Waals surface area contributed by atoms with Crippen LogP contribution in [0.25, 0.3) is 0 Å². The summed E-state index contributed by atoms with van der Waals surface area (Å²) in [4.78, 5) is 11.1. The monoisotopic (exact) mass is 278 g/mol. The first-order valence-corrected chi connectivity index (χ1v) is 5.57. The second-order valence-corrected chi connectivity index (χ2v) is 3.95. The maximum atomic E-state index is 12.4. The van der Waals surface area contributed by atoms with Crippen LogP contribution in [0.15, 0.2) is 18.2 Å². The van der Waals surface area contributed by atoms with E-state index in [1.807, 2.05) is 0 Å². The summed E-state index contributed by atoms with van der Waals surface area (Å²) in [6.45, 7) is -0.559. The van der Waals surface area contributed by atoms with Gasteiger partial charge in [0.2, 0.25) is 0 Å². The molecular formula is C10H9BrClFO. The Morgan fingerprint density at radius 1 is 1.36 bits per heavy atom. The van der Waals surface area contributed by atoms with Crippen LogP contribution in [-0.4, -0.2) is 11.1 Å². The number of Topliss-reactive ketones (excluding diaryl/α,β-unsaturated/α-hetero) is 1. The van der Waals surface area contributed by atoms with Crippen molar-refractivity contribution in [3.63, 3.8) is 0 Å². The van der Waals surface area contributed by atoms with Crippen LogP contribution in [0.2, 0.25) is 5.02 Å². The van der Waals surface area contributed by atoms with Crippen LogP contribution in [0.5, 0.6) is 0 Å². The lowest BCUT2D eigenvalue weighted by Gasteiger charge is -2.02. The van der Waals surface area contributed by atoms with Gasteiger partial charge in [-0.1, -0.05) is 33.6 Å². The number of ketones is 1. The van der Waals surface area contributed by atoms with Crippen molar-refractivity contribution in [3.05, 3.63) is 34.3 Å². The molecule has 0 heterocycles. The van der Waals surface area contributed by atoms with Gasteiger partial charge < -0.3 is 0 Å². The molecule has 0 amide bonds. The van der Waals surface area contributed by atoms with E-state index >= 15 is 0 Å². The van der Waals surface area contributed by atoms with E-state index in [1.54, 1.807) is 18.2 Å². The van der Waals surface area contributed by atoms with Gasteiger partial charge in [-0.05, 0) is 23.3 Å². The molecule has 0 spiro atoms. The Morgan fingerprint density at radius 3 is 2.57 bits per heavy atom. The van der Waals surface area contributed by atoms with Crippen LogP contribution in [0, 0.1) is 0 Å². The maximum absolute atomic E-state index is 12.4. The molecule has 0 aromatic heterocycles. The molecule has 0 aliphatic heterocycles. The third-order valence-electron chi connectivity index (χ3n) is 1.72. The highest BCUT2D eigenvalue weighted by atomic mass is 79.9. The molecule has 0 saturated carbocycles. The van der Waals surface area contributed by atoms with Gasteiger partial charge in [-0.2, -0.15) is 0 Å². The second-order valence-electron chi connectivity index (χ2n) is 2.95. The molecule has 0 fully saturated rings. The predicted octanol–water partition coefficient (Wildman–Crippen LogP) is 3.32. The van der Waals surface area contributed by atoms with Crippen molar-refractivity contribution in [3.8, 4) is 0 Å². The second kappa shape index (κ2) is 5.47. The summed E-state index contributed by atoms with van der Waals surface area (Å²) >= 11 is 8.84. The molecule has 1 aromatic carbocycles. The molecule has 4 heteroatoms. The zero-order valence-corrected chi connectivity index (χ0v) is 9.74. The maximum Gasteiger partial charge on any atom is 0.147 e. The largest absolute Gasteiger partial charge is 0.298 e. The third kappa shape index (κ3) is 3.39. The van der Waals surface area contributed by atoms with E-state index in [-0.39, 0.29) is 5.78 Å².